The summed E-state index contributed by atoms with van der Waals surface area (Å²) >= 11 is 0. The SMILES string of the molecule is CC(O)(COc1ccc(-c2ccc([N+](=O)[O-])cc2)cc1)CN1CCOCC1. The van der Waals surface area contributed by atoms with Crippen LogP contribution in [0.15, 0.2) is 48.5 Å². The summed E-state index contributed by atoms with van der Waals surface area (Å²) in [4.78, 5) is 12.5. The van der Waals surface area contributed by atoms with Crippen LogP contribution >= 0.6 is 0 Å². The second kappa shape index (κ2) is 8.47. The van der Waals surface area contributed by atoms with E-state index >= 15 is 0 Å². The molecule has 1 saturated heterocycles. The second-order valence-electron chi connectivity index (χ2n) is 7.00. The fraction of sp³-hybridized carbons (Fsp3) is 0.400. The zero-order valence-electron chi connectivity index (χ0n) is 15.3. The van der Waals surface area contributed by atoms with Gasteiger partial charge in [0.25, 0.3) is 5.69 Å². The number of aliphatic hydroxyl groups is 1. The van der Waals surface area contributed by atoms with Crippen molar-refractivity contribution >= 4 is 5.69 Å². The van der Waals surface area contributed by atoms with Crippen LogP contribution in [-0.4, -0.2) is 60.0 Å². The average Bonchev–Trinajstić information content (AvgIpc) is 2.67. The first kappa shape index (κ1) is 19.3. The van der Waals surface area contributed by atoms with Crippen LogP contribution in [0.25, 0.3) is 11.1 Å². The third kappa shape index (κ3) is 5.50. The molecule has 1 heterocycles. The summed E-state index contributed by atoms with van der Waals surface area (Å²) < 4.78 is 11.1. The number of nitrogens with zero attached hydrogens (tertiary/aromatic N) is 2. The third-order valence-electron chi connectivity index (χ3n) is 4.48. The smallest absolute Gasteiger partial charge is 0.269 e. The molecule has 0 radical (unpaired) electrons. The quantitative estimate of drug-likeness (QED) is 0.594. The summed E-state index contributed by atoms with van der Waals surface area (Å²) in [6, 6.07) is 13.9. The zero-order valence-corrected chi connectivity index (χ0v) is 15.3. The fourth-order valence-corrected chi connectivity index (χ4v) is 3.04. The van der Waals surface area contributed by atoms with Crippen LogP contribution in [0.5, 0.6) is 5.75 Å². The van der Waals surface area contributed by atoms with Crippen molar-refractivity contribution in [3.8, 4) is 16.9 Å². The van der Waals surface area contributed by atoms with Gasteiger partial charge in [0, 0.05) is 31.8 Å². The largest absolute Gasteiger partial charge is 0.491 e. The molecule has 27 heavy (non-hydrogen) atoms. The Morgan fingerprint density at radius 1 is 1.11 bits per heavy atom. The van der Waals surface area contributed by atoms with Crippen LogP contribution in [0, 0.1) is 10.1 Å². The minimum atomic E-state index is -0.950. The molecule has 1 N–H and O–H groups in total. The normalized spacial score (nSPS) is 17.3. The molecule has 2 aromatic rings. The Kier molecular flexibility index (Phi) is 6.05. The Labute approximate surface area is 158 Å². The lowest BCUT2D eigenvalue weighted by atomic mass is 10.1. The predicted molar refractivity (Wildman–Crippen MR) is 102 cm³/mol. The molecule has 1 unspecified atom stereocenters. The van der Waals surface area contributed by atoms with E-state index in [9.17, 15) is 15.2 Å². The summed E-state index contributed by atoms with van der Waals surface area (Å²) in [6.07, 6.45) is 0. The number of nitro groups is 1. The number of β-amino-alcohol motifs (C(OH)–C–C–N with tert-alkyl or cyclic N) is 1. The van der Waals surface area contributed by atoms with Crippen molar-refractivity contribution in [3.05, 3.63) is 58.6 Å². The van der Waals surface area contributed by atoms with Crippen LogP contribution in [0.2, 0.25) is 0 Å². The van der Waals surface area contributed by atoms with E-state index in [2.05, 4.69) is 4.90 Å². The van der Waals surface area contributed by atoms with E-state index < -0.39 is 10.5 Å². The molecule has 0 spiro atoms. The maximum atomic E-state index is 10.7. The van der Waals surface area contributed by atoms with Gasteiger partial charge in [-0.2, -0.15) is 0 Å². The van der Waals surface area contributed by atoms with E-state index in [-0.39, 0.29) is 12.3 Å². The average molecular weight is 372 g/mol. The summed E-state index contributed by atoms with van der Waals surface area (Å²) in [5, 5.41) is 21.3. The molecule has 1 fully saturated rings. The van der Waals surface area contributed by atoms with E-state index in [1.165, 1.54) is 12.1 Å². The van der Waals surface area contributed by atoms with Crippen molar-refractivity contribution in [1.82, 2.24) is 4.90 Å². The van der Waals surface area contributed by atoms with Gasteiger partial charge in [0.2, 0.25) is 0 Å². The van der Waals surface area contributed by atoms with Crippen LogP contribution in [0.1, 0.15) is 6.92 Å². The standard InChI is InChI=1S/C20H24N2O5/c1-20(23,14-21-10-12-26-13-11-21)15-27-19-8-4-17(5-9-19)16-2-6-18(7-3-16)22(24)25/h2-9,23H,10-15H2,1H3. The number of hydrogen-bond acceptors (Lipinski definition) is 6. The Morgan fingerprint density at radius 3 is 2.22 bits per heavy atom. The van der Waals surface area contributed by atoms with Gasteiger partial charge in [-0.3, -0.25) is 15.0 Å². The highest BCUT2D eigenvalue weighted by Crippen LogP contribution is 2.25. The fourth-order valence-electron chi connectivity index (χ4n) is 3.04. The highest BCUT2D eigenvalue weighted by Gasteiger charge is 2.26. The number of rotatable bonds is 7. The van der Waals surface area contributed by atoms with Crippen molar-refractivity contribution < 1.29 is 19.5 Å². The van der Waals surface area contributed by atoms with Crippen molar-refractivity contribution in [2.45, 2.75) is 12.5 Å². The molecule has 1 aliphatic heterocycles. The molecule has 144 valence electrons. The highest BCUT2D eigenvalue weighted by molar-refractivity contribution is 5.65. The second-order valence-corrected chi connectivity index (χ2v) is 7.00. The van der Waals surface area contributed by atoms with E-state index in [0.717, 1.165) is 24.2 Å². The lowest BCUT2D eigenvalue weighted by Gasteiger charge is -2.33. The van der Waals surface area contributed by atoms with Gasteiger partial charge in [-0.15, -0.1) is 0 Å². The number of hydrogen-bond donors (Lipinski definition) is 1. The summed E-state index contributed by atoms with van der Waals surface area (Å²) in [7, 11) is 0. The molecule has 0 bridgehead atoms. The van der Waals surface area contributed by atoms with Gasteiger partial charge in [0.1, 0.15) is 18.0 Å². The molecule has 3 rings (SSSR count). The van der Waals surface area contributed by atoms with Gasteiger partial charge >= 0.3 is 0 Å². The number of benzene rings is 2. The van der Waals surface area contributed by atoms with Crippen LogP contribution in [0.4, 0.5) is 5.69 Å². The molecule has 7 heteroatoms. The predicted octanol–water partition coefficient (Wildman–Crippen LogP) is 2.72. The minimum absolute atomic E-state index is 0.0706. The van der Waals surface area contributed by atoms with Crippen molar-refractivity contribution in [2.24, 2.45) is 0 Å². The van der Waals surface area contributed by atoms with E-state index in [4.69, 9.17) is 9.47 Å². The molecule has 0 aromatic heterocycles. The van der Waals surface area contributed by atoms with Crippen LogP contribution in [-0.2, 0) is 4.74 Å². The van der Waals surface area contributed by atoms with E-state index in [1.54, 1.807) is 19.1 Å². The first-order valence-electron chi connectivity index (χ1n) is 8.93. The molecule has 1 atom stereocenters. The maximum Gasteiger partial charge on any atom is 0.269 e. The lowest BCUT2D eigenvalue weighted by molar-refractivity contribution is -0.384. The zero-order chi connectivity index (χ0) is 19.3. The van der Waals surface area contributed by atoms with Crippen molar-refractivity contribution in [3.63, 3.8) is 0 Å². The maximum absolute atomic E-state index is 10.7. The summed E-state index contributed by atoms with van der Waals surface area (Å²) in [6.45, 7) is 5.54. The van der Waals surface area contributed by atoms with Gasteiger partial charge < -0.3 is 14.6 Å². The van der Waals surface area contributed by atoms with E-state index in [0.29, 0.717) is 25.5 Å². The molecule has 0 saturated carbocycles. The van der Waals surface area contributed by atoms with Crippen molar-refractivity contribution in [2.75, 3.05) is 39.5 Å². The third-order valence-corrected chi connectivity index (χ3v) is 4.48. The van der Waals surface area contributed by atoms with Crippen molar-refractivity contribution in [1.29, 1.82) is 0 Å². The van der Waals surface area contributed by atoms with Crippen LogP contribution in [0.3, 0.4) is 0 Å². The monoisotopic (exact) mass is 372 g/mol. The topological polar surface area (TPSA) is 85.1 Å². The number of non-ortho nitro benzene ring substituents is 1. The first-order chi connectivity index (χ1) is 12.9. The number of nitro benzene ring substituents is 1. The van der Waals surface area contributed by atoms with Gasteiger partial charge in [-0.1, -0.05) is 12.1 Å². The Morgan fingerprint density at radius 2 is 1.67 bits per heavy atom. The molecule has 7 nitrogen and oxygen atoms in total. The summed E-state index contributed by atoms with van der Waals surface area (Å²) in [5.74, 6) is 0.669. The molecular weight excluding hydrogens is 348 g/mol. The molecule has 0 aliphatic carbocycles. The van der Waals surface area contributed by atoms with Gasteiger partial charge in [0.05, 0.1) is 18.1 Å². The van der Waals surface area contributed by atoms with Crippen LogP contribution < -0.4 is 4.74 Å². The molecule has 0 amide bonds. The Hall–Kier alpha value is -2.48. The first-order valence-corrected chi connectivity index (χ1v) is 8.93. The Bertz CT molecular complexity index is 753. The highest BCUT2D eigenvalue weighted by atomic mass is 16.6. The molecule has 2 aromatic carbocycles. The van der Waals surface area contributed by atoms with Gasteiger partial charge in [-0.05, 0) is 42.3 Å². The summed E-state index contributed by atoms with van der Waals surface area (Å²) in [5.41, 5.74) is 0.957. The lowest BCUT2D eigenvalue weighted by Crippen LogP contribution is -2.48. The van der Waals surface area contributed by atoms with E-state index in [1.807, 2.05) is 24.3 Å². The van der Waals surface area contributed by atoms with Gasteiger partial charge in [-0.25, -0.2) is 0 Å². The Balaban J connectivity index is 1.56. The minimum Gasteiger partial charge on any atom is -0.491 e. The van der Waals surface area contributed by atoms with Gasteiger partial charge in [0.15, 0.2) is 0 Å². The molecular formula is C20H24N2O5. The molecule has 1 aliphatic rings. The number of morpholine rings is 1. The number of ether oxygens (including phenoxy) is 2.